The highest BCUT2D eigenvalue weighted by Crippen LogP contribution is 2.41. The molecule has 0 amide bonds. The van der Waals surface area contributed by atoms with E-state index >= 15 is 0 Å². The van der Waals surface area contributed by atoms with Crippen molar-refractivity contribution in [2.75, 3.05) is 0 Å². The maximum absolute atomic E-state index is 14.5. The predicted octanol–water partition coefficient (Wildman–Crippen LogP) is 5.36. The Morgan fingerprint density at radius 1 is 0.917 bits per heavy atom. The maximum atomic E-state index is 14.5. The fourth-order valence-corrected chi connectivity index (χ4v) is 5.10. The molecule has 0 saturated carbocycles. The van der Waals surface area contributed by atoms with Crippen molar-refractivity contribution in [3.8, 4) is 16.9 Å². The van der Waals surface area contributed by atoms with Crippen molar-refractivity contribution in [1.82, 2.24) is 0 Å². The van der Waals surface area contributed by atoms with Crippen LogP contribution in [0.25, 0.3) is 21.9 Å². The minimum Gasteiger partial charge on any atom is -0.478 e. The van der Waals surface area contributed by atoms with Gasteiger partial charge in [-0.25, -0.2) is 21.6 Å². The SMILES string of the molecule is O=[N+]([O-])C1Cc2c(ccc3ccc(-c4cccc(C[SH](=O)=O)c4)cc23)OC1c1cc(F)c(F)cc1F. The molecule has 0 aromatic heterocycles. The molecule has 2 atom stereocenters. The number of thiol groups is 1. The van der Waals surface area contributed by atoms with Crippen molar-refractivity contribution in [2.45, 2.75) is 24.3 Å². The summed E-state index contributed by atoms with van der Waals surface area (Å²) in [5.41, 5.74) is 2.28. The highest BCUT2D eigenvalue weighted by molar-refractivity contribution is 7.71. The standard InChI is InChI=1S/C26H18F3NO5S/c27-21-12-23(29)22(28)10-20(21)26-24(30(31)32)11-19-18-9-17(5-4-15(18)6-7-25(19)35-26)16-3-1-2-14(8-16)13-36(33)34/h1-10,12,24,26,36H,11,13H2. The lowest BCUT2D eigenvalue weighted by atomic mass is 9.88. The van der Waals surface area contributed by atoms with Crippen molar-refractivity contribution in [3.63, 3.8) is 0 Å². The monoisotopic (exact) mass is 513 g/mol. The van der Waals surface area contributed by atoms with Gasteiger partial charge in [-0.3, -0.25) is 10.1 Å². The molecule has 4 aromatic carbocycles. The third kappa shape index (κ3) is 4.39. The molecule has 36 heavy (non-hydrogen) atoms. The molecule has 0 bridgehead atoms. The van der Waals surface area contributed by atoms with E-state index in [2.05, 4.69) is 0 Å². The second-order valence-electron chi connectivity index (χ2n) is 8.55. The molecular formula is C26H18F3NO5S. The van der Waals surface area contributed by atoms with Crippen LogP contribution < -0.4 is 4.74 Å². The first-order valence-electron chi connectivity index (χ1n) is 10.9. The second-order valence-corrected chi connectivity index (χ2v) is 9.53. The van der Waals surface area contributed by atoms with Crippen LogP contribution >= 0.6 is 0 Å². The Hall–Kier alpha value is -3.92. The average molecular weight is 513 g/mol. The van der Waals surface area contributed by atoms with E-state index in [1.807, 2.05) is 24.3 Å². The van der Waals surface area contributed by atoms with E-state index in [9.17, 15) is 31.7 Å². The van der Waals surface area contributed by atoms with Gasteiger partial charge in [0.2, 0.25) is 0 Å². The molecule has 0 radical (unpaired) electrons. The summed E-state index contributed by atoms with van der Waals surface area (Å²) < 4.78 is 69.9. The van der Waals surface area contributed by atoms with Gasteiger partial charge in [-0.05, 0) is 45.7 Å². The van der Waals surface area contributed by atoms with Gasteiger partial charge in [0, 0.05) is 28.5 Å². The summed E-state index contributed by atoms with van der Waals surface area (Å²) in [6.07, 6.45) is -1.57. The zero-order valence-corrected chi connectivity index (χ0v) is 19.4. The summed E-state index contributed by atoms with van der Waals surface area (Å²) in [4.78, 5) is 11.3. The molecule has 184 valence electrons. The number of nitrogens with zero attached hydrogens (tertiary/aromatic N) is 1. The third-order valence-electron chi connectivity index (χ3n) is 6.30. The largest absolute Gasteiger partial charge is 0.478 e. The highest BCUT2D eigenvalue weighted by Gasteiger charge is 2.42. The van der Waals surface area contributed by atoms with Gasteiger partial charge in [-0.1, -0.05) is 42.5 Å². The van der Waals surface area contributed by atoms with E-state index in [4.69, 9.17) is 4.74 Å². The first-order chi connectivity index (χ1) is 17.2. The lowest BCUT2D eigenvalue weighted by molar-refractivity contribution is -0.535. The predicted molar refractivity (Wildman–Crippen MR) is 128 cm³/mol. The molecule has 5 rings (SSSR count). The van der Waals surface area contributed by atoms with Gasteiger partial charge < -0.3 is 4.74 Å². The maximum Gasteiger partial charge on any atom is 0.257 e. The summed E-state index contributed by atoms with van der Waals surface area (Å²) in [6.45, 7) is 0. The van der Waals surface area contributed by atoms with Crippen LogP contribution in [-0.2, 0) is 22.9 Å². The Labute approximate surface area is 205 Å². The number of rotatable bonds is 5. The van der Waals surface area contributed by atoms with Crippen LogP contribution in [-0.4, -0.2) is 19.4 Å². The summed E-state index contributed by atoms with van der Waals surface area (Å²) in [6, 6.07) is 15.5. The van der Waals surface area contributed by atoms with Crippen LogP contribution in [0.4, 0.5) is 13.2 Å². The number of nitro groups is 1. The van der Waals surface area contributed by atoms with Crippen LogP contribution in [0.5, 0.6) is 5.75 Å². The fraction of sp³-hybridized carbons (Fsp3) is 0.154. The molecule has 1 heterocycles. The lowest BCUT2D eigenvalue weighted by Gasteiger charge is -2.30. The minimum absolute atomic E-state index is 0.0908. The number of hydrogen-bond acceptors (Lipinski definition) is 5. The molecular weight excluding hydrogens is 495 g/mol. The Kier molecular flexibility index (Phi) is 6.13. The summed E-state index contributed by atoms with van der Waals surface area (Å²) >= 11 is 0. The quantitative estimate of drug-likeness (QED) is 0.168. The molecule has 0 N–H and O–H groups in total. The van der Waals surface area contributed by atoms with Gasteiger partial charge in [0.15, 0.2) is 17.7 Å². The molecule has 4 aromatic rings. The van der Waals surface area contributed by atoms with Crippen LogP contribution in [0, 0.1) is 27.6 Å². The molecule has 0 aliphatic carbocycles. The van der Waals surface area contributed by atoms with Crippen LogP contribution in [0.1, 0.15) is 22.8 Å². The van der Waals surface area contributed by atoms with Crippen LogP contribution in [0.2, 0.25) is 0 Å². The zero-order valence-electron chi connectivity index (χ0n) is 18.5. The number of halogens is 3. The van der Waals surface area contributed by atoms with E-state index in [0.29, 0.717) is 28.6 Å². The summed E-state index contributed by atoms with van der Waals surface area (Å²) in [5.74, 6) is -3.66. The van der Waals surface area contributed by atoms with Crippen molar-refractivity contribution in [3.05, 3.63) is 111 Å². The Balaban J connectivity index is 1.60. The number of hydrogen-bond donors (Lipinski definition) is 1. The molecule has 0 spiro atoms. The smallest absolute Gasteiger partial charge is 0.257 e. The van der Waals surface area contributed by atoms with Crippen molar-refractivity contribution in [1.29, 1.82) is 0 Å². The van der Waals surface area contributed by atoms with Gasteiger partial charge in [-0.15, -0.1) is 0 Å². The average Bonchev–Trinajstić information content (AvgIpc) is 2.84. The fourth-order valence-electron chi connectivity index (χ4n) is 4.60. The summed E-state index contributed by atoms with van der Waals surface area (Å²) in [7, 11) is -2.59. The lowest BCUT2D eigenvalue weighted by Crippen LogP contribution is -2.37. The normalized spacial score (nSPS) is 17.1. The molecule has 10 heteroatoms. The van der Waals surface area contributed by atoms with E-state index in [1.54, 1.807) is 30.3 Å². The topological polar surface area (TPSA) is 86.5 Å². The van der Waals surface area contributed by atoms with Gasteiger partial charge in [0.25, 0.3) is 6.04 Å². The van der Waals surface area contributed by atoms with Crippen molar-refractivity contribution in [2.24, 2.45) is 0 Å². The Morgan fingerprint density at radius 2 is 1.64 bits per heavy atom. The molecule has 2 unspecified atom stereocenters. The van der Waals surface area contributed by atoms with E-state index in [0.717, 1.165) is 16.5 Å². The second kappa shape index (κ2) is 9.27. The highest BCUT2D eigenvalue weighted by atomic mass is 32.2. The van der Waals surface area contributed by atoms with Crippen molar-refractivity contribution < 1.29 is 31.2 Å². The van der Waals surface area contributed by atoms with Gasteiger partial charge in [0.05, 0.1) is 5.75 Å². The first kappa shape index (κ1) is 23.8. The minimum atomic E-state index is -2.59. The van der Waals surface area contributed by atoms with Crippen molar-refractivity contribution >= 4 is 21.5 Å². The molecule has 1 aliphatic heterocycles. The number of benzene rings is 4. The van der Waals surface area contributed by atoms with Gasteiger partial charge >= 0.3 is 0 Å². The van der Waals surface area contributed by atoms with Gasteiger partial charge in [0.1, 0.15) is 22.3 Å². The Bertz CT molecular complexity index is 1600. The van der Waals surface area contributed by atoms with Crippen LogP contribution in [0.3, 0.4) is 0 Å². The third-order valence-corrected chi connectivity index (χ3v) is 6.92. The first-order valence-corrected chi connectivity index (χ1v) is 12.3. The molecule has 0 saturated heterocycles. The zero-order chi connectivity index (χ0) is 25.6. The van der Waals surface area contributed by atoms with E-state index < -0.39 is 50.8 Å². The molecule has 0 fully saturated rings. The van der Waals surface area contributed by atoms with Gasteiger partial charge in [-0.2, -0.15) is 0 Å². The number of ether oxygens (including phenoxy) is 1. The van der Waals surface area contributed by atoms with E-state index in [1.165, 1.54) is 0 Å². The molecule has 6 nitrogen and oxygen atoms in total. The van der Waals surface area contributed by atoms with Crippen LogP contribution in [0.15, 0.2) is 66.7 Å². The summed E-state index contributed by atoms with van der Waals surface area (Å²) in [5, 5.41) is 13.4. The molecule has 1 aliphatic rings. The Morgan fingerprint density at radius 3 is 2.39 bits per heavy atom. The number of fused-ring (bicyclic) bond motifs is 3. The van der Waals surface area contributed by atoms with E-state index in [-0.39, 0.29) is 17.9 Å².